The highest BCUT2D eigenvalue weighted by molar-refractivity contribution is 7.62. The van der Waals surface area contributed by atoms with Crippen LogP contribution >= 0.6 is 7.14 Å². The van der Waals surface area contributed by atoms with Gasteiger partial charge in [0, 0.05) is 12.7 Å². The fraction of sp³-hybridized carbons (Fsp3) is 0.583. The van der Waals surface area contributed by atoms with E-state index in [1.54, 1.807) is 32.3 Å². The van der Waals surface area contributed by atoms with Gasteiger partial charge in [-0.3, -0.25) is 0 Å². The molecule has 0 spiro atoms. The predicted octanol–water partition coefficient (Wildman–Crippen LogP) is 1.85. The third kappa shape index (κ3) is 4.39. The van der Waals surface area contributed by atoms with E-state index in [1.165, 1.54) is 6.20 Å². The second kappa shape index (κ2) is 5.37. The van der Waals surface area contributed by atoms with E-state index in [2.05, 4.69) is 0 Å². The third-order valence-electron chi connectivity index (χ3n) is 2.64. The largest absolute Gasteiger partial charge is 0.377 e. The quantitative estimate of drug-likeness (QED) is 0.446. The van der Waals surface area contributed by atoms with Crippen molar-refractivity contribution in [1.29, 1.82) is 0 Å². The van der Waals surface area contributed by atoms with Gasteiger partial charge in [0.15, 0.2) is 6.67 Å². The predicted molar refractivity (Wildman–Crippen MR) is 71.3 cm³/mol. The molecule has 1 rings (SSSR count). The molecule has 0 aliphatic carbocycles. The summed E-state index contributed by atoms with van der Waals surface area (Å²) in [6.45, 7) is 4.42. The molecule has 102 valence electrons. The number of rotatable bonds is 4. The molecule has 0 aromatic carbocycles. The van der Waals surface area contributed by atoms with Gasteiger partial charge < -0.3 is 9.46 Å². The molecule has 1 aliphatic heterocycles. The number of quaternary nitrogens is 1. The first kappa shape index (κ1) is 15.1. The summed E-state index contributed by atoms with van der Waals surface area (Å²) in [6, 6.07) is 0. The van der Waals surface area contributed by atoms with Crippen molar-refractivity contribution in [3.8, 4) is 0 Å². The van der Waals surface area contributed by atoms with Crippen LogP contribution < -0.4 is 0 Å². The van der Waals surface area contributed by atoms with Crippen molar-refractivity contribution >= 4 is 13.0 Å². The van der Waals surface area contributed by atoms with Gasteiger partial charge in [-0.1, -0.05) is 12.2 Å². The molecule has 0 bridgehead atoms. The zero-order valence-corrected chi connectivity index (χ0v) is 12.3. The van der Waals surface area contributed by atoms with Crippen LogP contribution in [0.1, 0.15) is 0 Å². The van der Waals surface area contributed by atoms with Crippen molar-refractivity contribution in [2.75, 3.05) is 46.8 Å². The molecule has 0 unspecified atom stereocenters. The monoisotopic (exact) mass is 275 g/mol. The van der Waals surface area contributed by atoms with E-state index < -0.39 is 18.9 Å². The van der Waals surface area contributed by atoms with Gasteiger partial charge in [0.05, 0.1) is 27.4 Å². The molecule has 0 fully saturated rings. The molecule has 1 aliphatic rings. The maximum atomic E-state index is 13.4. The molecule has 0 N–H and O–H groups in total. The molecule has 0 saturated carbocycles. The summed E-state index contributed by atoms with van der Waals surface area (Å²) < 4.78 is 24.9. The minimum absolute atomic E-state index is 0.0176. The molecule has 0 aromatic rings. The zero-order chi connectivity index (χ0) is 14.0. The van der Waals surface area contributed by atoms with Crippen molar-refractivity contribution < 1.29 is 18.2 Å². The lowest BCUT2D eigenvalue weighted by Crippen LogP contribution is -2.54. The van der Waals surface area contributed by atoms with Crippen LogP contribution in [-0.4, -0.2) is 62.1 Å². The lowest BCUT2D eigenvalue weighted by atomic mass is 10.3. The van der Waals surface area contributed by atoms with Gasteiger partial charge in [-0.15, -0.1) is 0 Å². The number of carbonyl (C=O) groups is 1. The van der Waals surface area contributed by atoms with Crippen LogP contribution in [0, 0.1) is 0 Å². The maximum Gasteiger partial charge on any atom is 0.377 e. The Hall–Kier alpha value is -0.930. The Morgan fingerprint density at radius 3 is 2.56 bits per heavy atom. The number of amides is 1. The topological polar surface area (TPSA) is 37.4 Å². The van der Waals surface area contributed by atoms with Crippen molar-refractivity contribution in [3.05, 3.63) is 24.2 Å². The van der Waals surface area contributed by atoms with Crippen LogP contribution in [0.3, 0.4) is 0 Å². The van der Waals surface area contributed by atoms with Crippen LogP contribution in [0.25, 0.3) is 0 Å². The Kier molecular flexibility index (Phi) is 4.51. The first-order valence-electron chi connectivity index (χ1n) is 5.80. The highest BCUT2D eigenvalue weighted by Gasteiger charge is 2.36. The van der Waals surface area contributed by atoms with Crippen molar-refractivity contribution in [3.63, 3.8) is 0 Å². The fourth-order valence-corrected chi connectivity index (χ4v) is 2.37. The summed E-state index contributed by atoms with van der Waals surface area (Å²) in [6.07, 6.45) is 5.50. The number of allylic oxidation sites excluding steroid dienone is 1. The van der Waals surface area contributed by atoms with Gasteiger partial charge in [-0.25, -0.2) is 9.28 Å². The van der Waals surface area contributed by atoms with Crippen LogP contribution in [-0.2, 0) is 9.36 Å². The zero-order valence-electron chi connectivity index (χ0n) is 11.4. The molecule has 18 heavy (non-hydrogen) atoms. The number of likely N-dealkylation sites (N-methyl/N-ethyl adjacent to an activating group) is 1. The van der Waals surface area contributed by atoms with Gasteiger partial charge in [-0.2, -0.15) is 4.39 Å². The van der Waals surface area contributed by atoms with E-state index in [9.17, 15) is 13.8 Å². The molecule has 6 heteroatoms. The molecule has 4 nitrogen and oxygen atoms in total. The highest BCUT2D eigenvalue weighted by Crippen LogP contribution is 2.35. The van der Waals surface area contributed by atoms with Gasteiger partial charge in [-0.05, 0) is 13.3 Å². The smallest absolute Gasteiger partial charge is 0.324 e. The molecular weight excluding hydrogens is 254 g/mol. The van der Waals surface area contributed by atoms with E-state index in [0.717, 1.165) is 0 Å². The average Bonchev–Trinajstić information content (AvgIpc) is 2.19. The lowest BCUT2D eigenvalue weighted by Gasteiger charge is -2.34. The van der Waals surface area contributed by atoms with E-state index in [0.29, 0.717) is 19.4 Å². The van der Waals surface area contributed by atoms with Crippen LogP contribution in [0.2, 0.25) is 0 Å². The van der Waals surface area contributed by atoms with E-state index in [1.807, 2.05) is 12.2 Å². The normalized spacial score (nSPS) is 20.4. The number of halogens is 1. The Morgan fingerprint density at radius 2 is 2.06 bits per heavy atom. The standard InChI is InChI=1S/C12H21FN2O2P/c1-15(2)10-14(9-11(13)12(15)16)7-5-6-8-18(3,4)17/h5-6,9H,7-8,10H2,1-4H3/q+1. The number of nitrogens with zero attached hydrogens (tertiary/aromatic N) is 2. The van der Waals surface area contributed by atoms with Crippen molar-refractivity contribution in [2.45, 2.75) is 0 Å². The number of carbonyl (C=O) groups excluding carboxylic acids is 1. The van der Waals surface area contributed by atoms with E-state index >= 15 is 0 Å². The van der Waals surface area contributed by atoms with Gasteiger partial charge in [0.25, 0.3) is 0 Å². The second-order valence-electron chi connectivity index (χ2n) is 5.61. The Labute approximate surface area is 108 Å². The van der Waals surface area contributed by atoms with Crippen molar-refractivity contribution in [1.82, 2.24) is 4.90 Å². The Morgan fingerprint density at radius 1 is 1.44 bits per heavy atom. The van der Waals surface area contributed by atoms with Crippen LogP contribution in [0.15, 0.2) is 24.2 Å². The summed E-state index contributed by atoms with van der Waals surface area (Å²) in [4.78, 5) is 13.2. The van der Waals surface area contributed by atoms with E-state index in [4.69, 9.17) is 0 Å². The molecule has 0 atom stereocenters. The highest BCUT2D eigenvalue weighted by atomic mass is 31.2. The summed E-state index contributed by atoms with van der Waals surface area (Å²) in [5.74, 6) is -1.21. The summed E-state index contributed by atoms with van der Waals surface area (Å²) in [5, 5.41) is 0. The van der Waals surface area contributed by atoms with Gasteiger partial charge >= 0.3 is 5.91 Å². The average molecular weight is 275 g/mol. The summed E-state index contributed by atoms with van der Waals surface area (Å²) in [7, 11) is 1.32. The van der Waals surface area contributed by atoms with Crippen LogP contribution in [0.4, 0.5) is 4.39 Å². The lowest BCUT2D eigenvalue weighted by molar-refractivity contribution is -0.824. The SMILES string of the molecule is C[N+]1(C)CN(CC=CCP(C)(C)=O)C=C(F)C1=O. The van der Waals surface area contributed by atoms with Crippen molar-refractivity contribution in [2.24, 2.45) is 0 Å². The number of hydrogen-bond acceptors (Lipinski definition) is 3. The fourth-order valence-electron chi connectivity index (χ4n) is 1.71. The molecule has 1 heterocycles. The molecule has 1 amide bonds. The molecule has 0 aromatic heterocycles. The minimum Gasteiger partial charge on any atom is -0.324 e. The number of hydrogen-bond donors (Lipinski definition) is 0. The maximum absolute atomic E-state index is 13.4. The molecule has 0 saturated heterocycles. The summed E-state index contributed by atoms with van der Waals surface area (Å²) in [5.41, 5.74) is 0. The van der Waals surface area contributed by atoms with Gasteiger partial charge in [0.2, 0.25) is 5.83 Å². The van der Waals surface area contributed by atoms with Crippen LogP contribution in [0.5, 0.6) is 0 Å². The molecule has 0 radical (unpaired) electrons. The van der Waals surface area contributed by atoms with E-state index in [-0.39, 0.29) is 4.48 Å². The first-order chi connectivity index (χ1) is 8.12. The van der Waals surface area contributed by atoms with Gasteiger partial charge in [0.1, 0.15) is 0 Å². The third-order valence-corrected chi connectivity index (χ3v) is 3.73. The minimum atomic E-state index is -2.04. The Balaban J connectivity index is 2.60. The molecular formula is C12H21FN2O2P+. The first-order valence-corrected chi connectivity index (χ1v) is 8.59. The Bertz CT molecular complexity index is 437. The summed E-state index contributed by atoms with van der Waals surface area (Å²) >= 11 is 0. The second-order valence-corrected chi connectivity index (χ2v) is 9.12.